The predicted octanol–water partition coefficient (Wildman–Crippen LogP) is 5.74. The first-order valence-electron chi connectivity index (χ1n) is 10.3. The maximum atomic E-state index is 13.2. The molecule has 3 aromatic rings. The highest BCUT2D eigenvalue weighted by Crippen LogP contribution is 2.25. The summed E-state index contributed by atoms with van der Waals surface area (Å²) in [6, 6.07) is 22.7. The second-order valence-corrected chi connectivity index (χ2v) is 11.5. The molecule has 0 spiro atoms. The van der Waals surface area contributed by atoms with Crippen LogP contribution in [0.25, 0.3) is 0 Å². The SMILES string of the molecule is O=C(CN(c1ccc(Br)cc1)S(=O)(=O)c1ccccc1)NCCCSCc1cccc(Cl)c1. The Bertz CT molecular complexity index is 1160. The molecule has 0 saturated carbocycles. The van der Waals surface area contributed by atoms with E-state index in [2.05, 4.69) is 21.2 Å². The molecule has 174 valence electrons. The fourth-order valence-electron chi connectivity index (χ4n) is 3.05. The first-order chi connectivity index (χ1) is 15.9. The number of halogens is 2. The molecule has 0 aliphatic heterocycles. The molecule has 33 heavy (non-hydrogen) atoms. The zero-order chi connectivity index (χ0) is 23.7. The lowest BCUT2D eigenvalue weighted by atomic mass is 10.2. The Morgan fingerprint density at radius 2 is 1.73 bits per heavy atom. The van der Waals surface area contributed by atoms with Crippen molar-refractivity contribution in [2.45, 2.75) is 17.1 Å². The number of sulfonamides is 1. The van der Waals surface area contributed by atoms with Gasteiger partial charge >= 0.3 is 0 Å². The van der Waals surface area contributed by atoms with Gasteiger partial charge in [-0.15, -0.1) is 0 Å². The van der Waals surface area contributed by atoms with Gasteiger partial charge < -0.3 is 5.32 Å². The standard InChI is InChI=1S/C24H24BrClN2O3S2/c25-20-10-12-22(13-11-20)28(33(30,31)23-8-2-1-3-9-23)17-24(29)27-14-5-15-32-18-19-6-4-7-21(26)16-19/h1-4,6-13,16H,5,14-15,17-18H2,(H,27,29). The van der Waals surface area contributed by atoms with Crippen LogP contribution in [-0.2, 0) is 20.6 Å². The van der Waals surface area contributed by atoms with E-state index >= 15 is 0 Å². The number of thioether (sulfide) groups is 1. The van der Waals surface area contributed by atoms with Crippen molar-refractivity contribution < 1.29 is 13.2 Å². The van der Waals surface area contributed by atoms with Crippen molar-refractivity contribution in [3.63, 3.8) is 0 Å². The van der Waals surface area contributed by atoms with E-state index in [9.17, 15) is 13.2 Å². The monoisotopic (exact) mass is 566 g/mol. The van der Waals surface area contributed by atoms with Crippen molar-refractivity contribution in [2.24, 2.45) is 0 Å². The molecule has 0 atom stereocenters. The molecule has 0 aliphatic carbocycles. The van der Waals surface area contributed by atoms with Crippen molar-refractivity contribution in [3.8, 4) is 0 Å². The number of carbonyl (C=O) groups excluding carboxylic acids is 1. The van der Waals surface area contributed by atoms with Gasteiger partial charge in [-0.2, -0.15) is 11.8 Å². The molecular weight excluding hydrogens is 544 g/mol. The van der Waals surface area contributed by atoms with Crippen LogP contribution in [-0.4, -0.2) is 33.2 Å². The number of nitrogens with one attached hydrogen (secondary N) is 1. The second-order valence-electron chi connectivity index (χ2n) is 7.19. The minimum Gasteiger partial charge on any atom is -0.354 e. The summed E-state index contributed by atoms with van der Waals surface area (Å²) >= 11 is 11.1. The Kier molecular flexibility index (Phi) is 9.67. The number of amides is 1. The van der Waals surface area contributed by atoms with Gasteiger partial charge in [0.25, 0.3) is 10.0 Å². The van der Waals surface area contributed by atoms with Crippen LogP contribution in [0.5, 0.6) is 0 Å². The van der Waals surface area contributed by atoms with Crippen molar-refractivity contribution in [1.29, 1.82) is 0 Å². The molecule has 3 aromatic carbocycles. The summed E-state index contributed by atoms with van der Waals surface area (Å²) in [4.78, 5) is 12.8. The summed E-state index contributed by atoms with van der Waals surface area (Å²) < 4.78 is 28.5. The van der Waals surface area contributed by atoms with Crippen LogP contribution in [0.1, 0.15) is 12.0 Å². The van der Waals surface area contributed by atoms with Crippen molar-refractivity contribution in [1.82, 2.24) is 5.32 Å². The van der Waals surface area contributed by atoms with Gasteiger partial charge in [-0.25, -0.2) is 8.42 Å². The summed E-state index contributed by atoms with van der Waals surface area (Å²) in [5, 5.41) is 3.56. The van der Waals surface area contributed by atoms with E-state index in [1.165, 1.54) is 12.1 Å². The molecule has 1 amide bonds. The van der Waals surface area contributed by atoms with Crippen LogP contribution in [0.4, 0.5) is 5.69 Å². The summed E-state index contributed by atoms with van der Waals surface area (Å²) in [6.07, 6.45) is 0.778. The normalized spacial score (nSPS) is 11.2. The van der Waals surface area contributed by atoms with Crippen LogP contribution in [0, 0.1) is 0 Å². The summed E-state index contributed by atoms with van der Waals surface area (Å²) in [7, 11) is -3.89. The molecule has 1 N–H and O–H groups in total. The Labute approximate surface area is 212 Å². The van der Waals surface area contributed by atoms with Gasteiger partial charge in [-0.05, 0) is 66.3 Å². The Morgan fingerprint density at radius 1 is 1.00 bits per heavy atom. The molecular formula is C24H24BrClN2O3S2. The molecule has 0 unspecified atom stereocenters. The van der Waals surface area contributed by atoms with Gasteiger partial charge in [0.05, 0.1) is 10.6 Å². The Hall–Kier alpha value is -2.00. The largest absolute Gasteiger partial charge is 0.354 e. The fraction of sp³-hybridized carbons (Fsp3) is 0.208. The Morgan fingerprint density at radius 3 is 2.42 bits per heavy atom. The van der Waals surface area contributed by atoms with Gasteiger partial charge in [-0.1, -0.05) is 57.9 Å². The van der Waals surface area contributed by atoms with E-state index < -0.39 is 10.0 Å². The highest BCUT2D eigenvalue weighted by molar-refractivity contribution is 9.10. The smallest absolute Gasteiger partial charge is 0.264 e. The molecule has 0 saturated heterocycles. The third kappa shape index (κ3) is 7.78. The number of hydrogen-bond donors (Lipinski definition) is 1. The summed E-state index contributed by atoms with van der Waals surface area (Å²) in [5.74, 6) is 1.37. The molecule has 5 nitrogen and oxygen atoms in total. The first-order valence-corrected chi connectivity index (χ1v) is 14.0. The lowest BCUT2D eigenvalue weighted by molar-refractivity contribution is -0.119. The number of anilines is 1. The van der Waals surface area contributed by atoms with Crippen molar-refractivity contribution in [3.05, 3.63) is 93.9 Å². The highest BCUT2D eigenvalue weighted by atomic mass is 79.9. The van der Waals surface area contributed by atoms with Crippen LogP contribution in [0.2, 0.25) is 5.02 Å². The number of nitrogens with zero attached hydrogens (tertiary/aromatic N) is 1. The van der Waals surface area contributed by atoms with Gasteiger partial charge in [0.1, 0.15) is 6.54 Å². The maximum absolute atomic E-state index is 13.2. The molecule has 0 aromatic heterocycles. The summed E-state index contributed by atoms with van der Waals surface area (Å²) in [6.45, 7) is 0.176. The van der Waals surface area contributed by atoms with Crippen molar-refractivity contribution >= 4 is 60.9 Å². The first kappa shape index (κ1) is 25.6. The molecule has 0 fully saturated rings. The van der Waals surface area contributed by atoms with Gasteiger partial charge in [0, 0.05) is 21.8 Å². The minimum atomic E-state index is -3.89. The lowest BCUT2D eigenvalue weighted by Crippen LogP contribution is -2.41. The molecule has 0 aliphatic rings. The van der Waals surface area contributed by atoms with Crippen LogP contribution in [0.3, 0.4) is 0 Å². The molecule has 3 rings (SSSR count). The van der Waals surface area contributed by atoms with E-state index in [1.54, 1.807) is 54.2 Å². The number of rotatable bonds is 11. The third-order valence-electron chi connectivity index (χ3n) is 4.68. The third-order valence-corrected chi connectivity index (χ3v) is 8.35. The molecule has 0 bridgehead atoms. The van der Waals surface area contributed by atoms with Crippen LogP contribution >= 0.6 is 39.3 Å². The maximum Gasteiger partial charge on any atom is 0.264 e. The summed E-state index contributed by atoms with van der Waals surface area (Å²) in [5.41, 5.74) is 1.59. The number of benzene rings is 3. The topological polar surface area (TPSA) is 66.5 Å². The van der Waals surface area contributed by atoms with Crippen LogP contribution < -0.4 is 9.62 Å². The fourth-order valence-corrected chi connectivity index (χ4v) is 5.87. The van der Waals surface area contributed by atoms with Crippen molar-refractivity contribution in [2.75, 3.05) is 23.1 Å². The van der Waals surface area contributed by atoms with Gasteiger partial charge in [-0.3, -0.25) is 9.10 Å². The lowest BCUT2D eigenvalue weighted by Gasteiger charge is -2.24. The molecule has 0 heterocycles. The van der Waals surface area contributed by atoms with Gasteiger partial charge in [0.15, 0.2) is 0 Å². The van der Waals surface area contributed by atoms with E-state index in [1.807, 2.05) is 24.3 Å². The number of carbonyl (C=O) groups is 1. The zero-order valence-corrected chi connectivity index (χ0v) is 21.8. The van der Waals surface area contributed by atoms with Gasteiger partial charge in [0.2, 0.25) is 5.91 Å². The quantitative estimate of drug-likeness (QED) is 0.300. The number of hydrogen-bond acceptors (Lipinski definition) is 4. The molecule has 0 radical (unpaired) electrons. The van der Waals surface area contributed by atoms with E-state index in [4.69, 9.17) is 11.6 Å². The van der Waals surface area contributed by atoms with E-state index in [0.29, 0.717) is 12.2 Å². The zero-order valence-electron chi connectivity index (χ0n) is 17.8. The minimum absolute atomic E-state index is 0.137. The average Bonchev–Trinajstić information content (AvgIpc) is 2.81. The average molecular weight is 568 g/mol. The second kappa shape index (κ2) is 12.5. The van der Waals surface area contributed by atoms with E-state index in [-0.39, 0.29) is 17.3 Å². The van der Waals surface area contributed by atoms with Crippen LogP contribution in [0.15, 0.2) is 88.2 Å². The van der Waals surface area contributed by atoms with E-state index in [0.717, 1.165) is 37.3 Å². The predicted molar refractivity (Wildman–Crippen MR) is 140 cm³/mol. The molecule has 9 heteroatoms. The highest BCUT2D eigenvalue weighted by Gasteiger charge is 2.26. The Balaban J connectivity index is 1.56.